The summed E-state index contributed by atoms with van der Waals surface area (Å²) in [6.07, 6.45) is 3.14. The van der Waals surface area contributed by atoms with Crippen molar-refractivity contribution in [3.63, 3.8) is 0 Å². The van der Waals surface area contributed by atoms with Crippen molar-refractivity contribution >= 4 is 17.3 Å². The second-order valence-corrected chi connectivity index (χ2v) is 6.82. The van der Waals surface area contributed by atoms with Crippen LogP contribution in [0.5, 0.6) is 0 Å². The number of nitro groups is 1. The molecule has 1 aliphatic heterocycles. The number of aromatic nitrogens is 3. The van der Waals surface area contributed by atoms with Gasteiger partial charge >= 0.3 is 0 Å². The second kappa shape index (κ2) is 8.09. The SMILES string of the molecule is O=C(c1ccc(Cn2cncn2)cc1)N1CCN(c2ccccc2[N+](=O)[O-])CC1. The van der Waals surface area contributed by atoms with E-state index in [0.717, 1.165) is 5.56 Å². The highest BCUT2D eigenvalue weighted by molar-refractivity contribution is 5.94. The third-order valence-electron chi connectivity index (χ3n) is 5.00. The fourth-order valence-corrected chi connectivity index (χ4v) is 3.47. The van der Waals surface area contributed by atoms with Gasteiger partial charge in [-0.15, -0.1) is 0 Å². The zero-order chi connectivity index (χ0) is 20.2. The van der Waals surface area contributed by atoms with E-state index in [1.165, 1.54) is 12.4 Å². The molecular weight excluding hydrogens is 372 g/mol. The van der Waals surface area contributed by atoms with Gasteiger partial charge in [0, 0.05) is 37.8 Å². The molecule has 9 heteroatoms. The summed E-state index contributed by atoms with van der Waals surface area (Å²) in [5.74, 6) is -0.0282. The van der Waals surface area contributed by atoms with Gasteiger partial charge in [-0.05, 0) is 23.8 Å². The molecule has 2 heterocycles. The minimum Gasteiger partial charge on any atom is -0.362 e. The normalized spacial score (nSPS) is 14.1. The Hall–Kier alpha value is -3.75. The molecule has 3 aromatic rings. The van der Waals surface area contributed by atoms with Crippen LogP contribution in [-0.4, -0.2) is 56.7 Å². The van der Waals surface area contributed by atoms with Crippen molar-refractivity contribution in [2.45, 2.75) is 6.54 Å². The van der Waals surface area contributed by atoms with Crippen LogP contribution in [0.3, 0.4) is 0 Å². The fraction of sp³-hybridized carbons (Fsp3) is 0.250. The smallest absolute Gasteiger partial charge is 0.292 e. The van der Waals surface area contributed by atoms with Crippen LogP contribution in [0.25, 0.3) is 0 Å². The molecule has 1 aliphatic rings. The number of carbonyl (C=O) groups excluding carboxylic acids is 1. The van der Waals surface area contributed by atoms with E-state index in [9.17, 15) is 14.9 Å². The molecule has 2 aromatic carbocycles. The number of piperazine rings is 1. The maximum absolute atomic E-state index is 12.8. The highest BCUT2D eigenvalue weighted by Crippen LogP contribution is 2.28. The molecule has 0 radical (unpaired) electrons. The molecule has 4 rings (SSSR count). The molecule has 0 unspecified atom stereocenters. The zero-order valence-corrected chi connectivity index (χ0v) is 15.7. The van der Waals surface area contributed by atoms with Crippen molar-refractivity contribution in [1.82, 2.24) is 19.7 Å². The molecule has 0 bridgehead atoms. The molecule has 1 saturated heterocycles. The Morgan fingerprint density at radius 3 is 2.41 bits per heavy atom. The Morgan fingerprint density at radius 2 is 1.76 bits per heavy atom. The fourth-order valence-electron chi connectivity index (χ4n) is 3.47. The third kappa shape index (κ3) is 4.08. The summed E-state index contributed by atoms with van der Waals surface area (Å²) < 4.78 is 1.72. The van der Waals surface area contributed by atoms with Gasteiger partial charge in [-0.25, -0.2) is 9.67 Å². The first-order valence-electron chi connectivity index (χ1n) is 9.31. The summed E-state index contributed by atoms with van der Waals surface area (Å²) in [5, 5.41) is 15.3. The molecule has 0 spiro atoms. The van der Waals surface area contributed by atoms with Crippen LogP contribution in [-0.2, 0) is 6.54 Å². The number of hydrogen-bond donors (Lipinski definition) is 0. The highest BCUT2D eigenvalue weighted by Gasteiger charge is 2.25. The summed E-state index contributed by atoms with van der Waals surface area (Å²) in [6, 6.07) is 14.2. The minimum absolute atomic E-state index is 0.0282. The lowest BCUT2D eigenvalue weighted by Gasteiger charge is -2.35. The number of rotatable bonds is 5. The van der Waals surface area contributed by atoms with Gasteiger partial charge in [-0.3, -0.25) is 14.9 Å². The second-order valence-electron chi connectivity index (χ2n) is 6.82. The van der Waals surface area contributed by atoms with Crippen molar-refractivity contribution in [3.8, 4) is 0 Å². The summed E-state index contributed by atoms with van der Waals surface area (Å²) in [4.78, 5) is 31.4. The maximum Gasteiger partial charge on any atom is 0.292 e. The van der Waals surface area contributed by atoms with Crippen molar-refractivity contribution in [3.05, 3.63) is 82.4 Å². The number of hydrogen-bond acceptors (Lipinski definition) is 6. The number of nitro benzene ring substituents is 1. The first kappa shape index (κ1) is 18.6. The van der Waals surface area contributed by atoms with Gasteiger partial charge in [0.15, 0.2) is 0 Å². The number of para-hydroxylation sites is 2. The van der Waals surface area contributed by atoms with E-state index in [0.29, 0.717) is 44.0 Å². The molecule has 1 fully saturated rings. The van der Waals surface area contributed by atoms with Gasteiger partial charge in [0.1, 0.15) is 18.3 Å². The molecule has 0 saturated carbocycles. The molecule has 0 N–H and O–H groups in total. The van der Waals surface area contributed by atoms with Crippen LogP contribution in [0.2, 0.25) is 0 Å². The average Bonchev–Trinajstić information content (AvgIpc) is 3.27. The van der Waals surface area contributed by atoms with E-state index in [-0.39, 0.29) is 16.5 Å². The maximum atomic E-state index is 12.8. The van der Waals surface area contributed by atoms with Crippen LogP contribution in [0.1, 0.15) is 15.9 Å². The number of carbonyl (C=O) groups is 1. The van der Waals surface area contributed by atoms with Gasteiger partial charge < -0.3 is 9.80 Å². The highest BCUT2D eigenvalue weighted by atomic mass is 16.6. The topological polar surface area (TPSA) is 97.4 Å². The molecular formula is C20H20N6O3. The van der Waals surface area contributed by atoms with Gasteiger partial charge in [0.2, 0.25) is 0 Å². The van der Waals surface area contributed by atoms with E-state index in [1.807, 2.05) is 29.2 Å². The molecule has 0 aliphatic carbocycles. The summed E-state index contributed by atoms with van der Waals surface area (Å²) in [7, 11) is 0. The summed E-state index contributed by atoms with van der Waals surface area (Å²) in [5.41, 5.74) is 2.36. The van der Waals surface area contributed by atoms with Crippen molar-refractivity contribution in [2.75, 3.05) is 31.1 Å². The number of anilines is 1. The standard InChI is InChI=1S/C20H20N6O3/c27-20(17-7-5-16(6-8-17)13-25-15-21-14-22-25)24-11-9-23(10-12-24)18-3-1-2-4-19(18)26(28)29/h1-8,14-15H,9-13H2. The molecule has 148 valence electrons. The van der Waals surface area contributed by atoms with E-state index in [2.05, 4.69) is 10.1 Å². The third-order valence-corrected chi connectivity index (χ3v) is 5.00. The Bertz CT molecular complexity index is 995. The van der Waals surface area contributed by atoms with Crippen LogP contribution in [0, 0.1) is 10.1 Å². The number of nitrogens with zero attached hydrogens (tertiary/aromatic N) is 6. The Kier molecular flexibility index (Phi) is 5.19. The van der Waals surface area contributed by atoms with Gasteiger partial charge in [0.25, 0.3) is 11.6 Å². The van der Waals surface area contributed by atoms with Crippen LogP contribution >= 0.6 is 0 Å². The van der Waals surface area contributed by atoms with Gasteiger partial charge in [0.05, 0.1) is 11.5 Å². The lowest BCUT2D eigenvalue weighted by atomic mass is 10.1. The van der Waals surface area contributed by atoms with Gasteiger partial charge in [-0.2, -0.15) is 5.10 Å². The number of benzene rings is 2. The Balaban J connectivity index is 1.38. The number of amides is 1. The molecule has 0 atom stereocenters. The van der Waals surface area contributed by atoms with Crippen molar-refractivity contribution in [2.24, 2.45) is 0 Å². The zero-order valence-electron chi connectivity index (χ0n) is 15.7. The largest absolute Gasteiger partial charge is 0.362 e. The predicted molar refractivity (Wildman–Crippen MR) is 107 cm³/mol. The summed E-state index contributed by atoms with van der Waals surface area (Å²) in [6.45, 7) is 2.75. The van der Waals surface area contributed by atoms with E-state index in [4.69, 9.17) is 0 Å². The van der Waals surface area contributed by atoms with Crippen molar-refractivity contribution in [1.29, 1.82) is 0 Å². The molecule has 9 nitrogen and oxygen atoms in total. The van der Waals surface area contributed by atoms with Crippen LogP contribution in [0.15, 0.2) is 61.2 Å². The van der Waals surface area contributed by atoms with Crippen molar-refractivity contribution < 1.29 is 9.72 Å². The first-order chi connectivity index (χ1) is 14.1. The van der Waals surface area contributed by atoms with E-state index < -0.39 is 0 Å². The summed E-state index contributed by atoms with van der Waals surface area (Å²) >= 11 is 0. The van der Waals surface area contributed by atoms with Crippen LogP contribution in [0.4, 0.5) is 11.4 Å². The van der Waals surface area contributed by atoms with Gasteiger partial charge in [-0.1, -0.05) is 24.3 Å². The molecule has 29 heavy (non-hydrogen) atoms. The Morgan fingerprint density at radius 1 is 1.03 bits per heavy atom. The lowest BCUT2D eigenvalue weighted by molar-refractivity contribution is -0.384. The predicted octanol–water partition coefficient (Wildman–Crippen LogP) is 2.20. The van der Waals surface area contributed by atoms with Crippen LogP contribution < -0.4 is 4.90 Å². The molecule has 1 aromatic heterocycles. The lowest BCUT2D eigenvalue weighted by Crippen LogP contribution is -2.48. The van der Waals surface area contributed by atoms with E-state index >= 15 is 0 Å². The first-order valence-corrected chi connectivity index (χ1v) is 9.31. The average molecular weight is 392 g/mol. The Labute approximate surface area is 167 Å². The monoisotopic (exact) mass is 392 g/mol. The van der Waals surface area contributed by atoms with E-state index in [1.54, 1.807) is 34.1 Å². The minimum atomic E-state index is -0.367. The quantitative estimate of drug-likeness (QED) is 0.488. The molecule has 1 amide bonds.